The van der Waals surface area contributed by atoms with Crippen LogP contribution in [0.4, 0.5) is 0 Å². The number of halogens is 1. The van der Waals surface area contributed by atoms with E-state index in [2.05, 4.69) is 4.98 Å². The van der Waals surface area contributed by atoms with Crippen LogP contribution < -0.4 is 10.2 Å². The minimum atomic E-state index is -0.501. The minimum Gasteiger partial charge on any atom is -0.475 e. The molecule has 1 aliphatic rings. The molecule has 0 aromatic carbocycles. The molecule has 110 valence electrons. The molecule has 1 aromatic rings. The first-order valence-corrected chi connectivity index (χ1v) is 7.19. The highest BCUT2D eigenvalue weighted by atomic mass is 35.5. The Balaban J connectivity index is 2.34. The second-order valence-corrected chi connectivity index (χ2v) is 6.67. The van der Waals surface area contributed by atoms with Crippen LogP contribution in [0.25, 0.3) is 0 Å². The van der Waals surface area contributed by atoms with Crippen LogP contribution in [0.3, 0.4) is 0 Å². The van der Waals surface area contributed by atoms with Crippen molar-refractivity contribution in [2.75, 3.05) is 0 Å². The van der Waals surface area contributed by atoms with Crippen LogP contribution in [-0.2, 0) is 9.31 Å². The summed E-state index contributed by atoms with van der Waals surface area (Å²) < 4.78 is 17.8. The highest BCUT2D eigenvalue weighted by Crippen LogP contribution is 2.37. The highest BCUT2D eigenvalue weighted by molar-refractivity contribution is 6.63. The van der Waals surface area contributed by atoms with E-state index in [1.807, 2.05) is 47.6 Å². The Morgan fingerprint density at radius 3 is 2.20 bits per heavy atom. The fourth-order valence-corrected chi connectivity index (χ4v) is 2.04. The van der Waals surface area contributed by atoms with E-state index in [4.69, 9.17) is 25.6 Å². The molecular weight excluding hydrogens is 276 g/mol. The van der Waals surface area contributed by atoms with Gasteiger partial charge in [0.2, 0.25) is 5.88 Å². The third kappa shape index (κ3) is 2.95. The quantitative estimate of drug-likeness (QED) is 0.635. The standard InChI is InChI=1S/C14H21BClNO3/c1-9(2)18-12-10(7-8-11(16)17-12)15-19-13(3,4)14(5,6)20-15/h7-9H,1-6H3. The molecule has 6 heteroatoms. The van der Waals surface area contributed by atoms with Gasteiger partial charge in [-0.3, -0.25) is 0 Å². The highest BCUT2D eigenvalue weighted by Gasteiger charge is 2.52. The van der Waals surface area contributed by atoms with Crippen LogP contribution in [0, 0.1) is 0 Å². The van der Waals surface area contributed by atoms with Crippen molar-refractivity contribution >= 4 is 24.2 Å². The Hall–Kier alpha value is -0.775. The van der Waals surface area contributed by atoms with Crippen molar-refractivity contribution in [1.29, 1.82) is 0 Å². The van der Waals surface area contributed by atoms with Gasteiger partial charge in [0.05, 0.1) is 17.3 Å². The summed E-state index contributed by atoms with van der Waals surface area (Å²) in [5, 5.41) is 0.390. The van der Waals surface area contributed by atoms with Crippen LogP contribution >= 0.6 is 11.6 Å². The van der Waals surface area contributed by atoms with Gasteiger partial charge in [0.25, 0.3) is 0 Å². The Kier molecular flexibility index (Phi) is 4.06. The van der Waals surface area contributed by atoms with Gasteiger partial charge in [-0.15, -0.1) is 0 Å². The fourth-order valence-electron chi connectivity index (χ4n) is 1.90. The van der Waals surface area contributed by atoms with Crippen molar-refractivity contribution in [3.05, 3.63) is 17.3 Å². The van der Waals surface area contributed by atoms with Crippen molar-refractivity contribution in [2.45, 2.75) is 58.8 Å². The zero-order chi connectivity index (χ0) is 15.1. The van der Waals surface area contributed by atoms with Gasteiger partial charge in [-0.25, -0.2) is 4.98 Å². The summed E-state index contributed by atoms with van der Waals surface area (Å²) in [6.07, 6.45) is 0.00198. The van der Waals surface area contributed by atoms with E-state index in [0.717, 1.165) is 5.46 Å². The summed E-state index contributed by atoms with van der Waals surface area (Å²) >= 11 is 5.95. The van der Waals surface area contributed by atoms with Gasteiger partial charge < -0.3 is 14.0 Å². The minimum absolute atomic E-state index is 0.00198. The Morgan fingerprint density at radius 1 is 1.15 bits per heavy atom. The number of nitrogens with zero attached hydrogens (tertiary/aromatic N) is 1. The molecule has 2 rings (SSSR count). The summed E-state index contributed by atoms with van der Waals surface area (Å²) in [4.78, 5) is 4.24. The Morgan fingerprint density at radius 2 is 1.70 bits per heavy atom. The first-order valence-electron chi connectivity index (χ1n) is 6.81. The zero-order valence-corrected chi connectivity index (χ0v) is 13.6. The van der Waals surface area contributed by atoms with Gasteiger partial charge in [-0.2, -0.15) is 0 Å². The number of hydrogen-bond donors (Lipinski definition) is 0. The van der Waals surface area contributed by atoms with Crippen molar-refractivity contribution in [3.8, 4) is 5.88 Å². The van der Waals surface area contributed by atoms with Gasteiger partial charge in [0.15, 0.2) is 0 Å². The predicted molar refractivity (Wildman–Crippen MR) is 80.7 cm³/mol. The number of hydrogen-bond acceptors (Lipinski definition) is 4. The van der Waals surface area contributed by atoms with E-state index in [0.29, 0.717) is 11.0 Å². The monoisotopic (exact) mass is 297 g/mol. The third-order valence-electron chi connectivity index (χ3n) is 3.71. The van der Waals surface area contributed by atoms with Gasteiger partial charge in [0, 0.05) is 5.46 Å². The predicted octanol–water partition coefficient (Wildman–Crippen LogP) is 2.82. The number of rotatable bonds is 3. The molecule has 0 unspecified atom stereocenters. The maximum atomic E-state index is 6.03. The molecule has 0 aliphatic carbocycles. The molecule has 0 N–H and O–H groups in total. The maximum absolute atomic E-state index is 6.03. The van der Waals surface area contributed by atoms with Gasteiger partial charge >= 0.3 is 7.12 Å². The second kappa shape index (κ2) is 5.21. The lowest BCUT2D eigenvalue weighted by Crippen LogP contribution is -2.41. The summed E-state index contributed by atoms with van der Waals surface area (Å²) in [7, 11) is -0.501. The average molecular weight is 298 g/mol. The molecule has 2 heterocycles. The number of aromatic nitrogens is 1. The van der Waals surface area contributed by atoms with E-state index < -0.39 is 18.3 Å². The summed E-state index contributed by atoms with van der Waals surface area (Å²) in [6.45, 7) is 11.9. The van der Waals surface area contributed by atoms with E-state index in [-0.39, 0.29) is 6.10 Å². The molecular formula is C14H21BClNO3. The van der Waals surface area contributed by atoms with Gasteiger partial charge in [-0.05, 0) is 47.6 Å². The van der Waals surface area contributed by atoms with E-state index in [1.165, 1.54) is 0 Å². The molecule has 4 nitrogen and oxygen atoms in total. The lowest BCUT2D eigenvalue weighted by atomic mass is 9.80. The SMILES string of the molecule is CC(C)Oc1nc(Cl)ccc1B1OC(C)(C)C(C)(C)O1. The zero-order valence-electron chi connectivity index (χ0n) is 12.9. The lowest BCUT2D eigenvalue weighted by Gasteiger charge is -2.32. The Labute approximate surface area is 125 Å². The smallest absolute Gasteiger partial charge is 0.475 e. The van der Waals surface area contributed by atoms with E-state index in [1.54, 1.807) is 6.07 Å². The molecule has 0 bridgehead atoms. The molecule has 1 aliphatic heterocycles. The molecule has 0 radical (unpaired) electrons. The van der Waals surface area contributed by atoms with Crippen LogP contribution in [0.2, 0.25) is 5.15 Å². The summed E-state index contributed by atoms with van der Waals surface area (Å²) in [5.74, 6) is 0.464. The number of pyridine rings is 1. The average Bonchev–Trinajstić information content (AvgIpc) is 2.46. The third-order valence-corrected chi connectivity index (χ3v) is 3.92. The first-order chi connectivity index (χ1) is 9.12. The van der Waals surface area contributed by atoms with Crippen LogP contribution in [-0.4, -0.2) is 29.4 Å². The molecule has 0 spiro atoms. The normalized spacial score (nSPS) is 20.5. The van der Waals surface area contributed by atoms with E-state index in [9.17, 15) is 0 Å². The molecule has 1 fully saturated rings. The first kappa shape index (κ1) is 15.6. The van der Waals surface area contributed by atoms with Crippen LogP contribution in [0.1, 0.15) is 41.5 Å². The topological polar surface area (TPSA) is 40.6 Å². The maximum Gasteiger partial charge on any atom is 0.500 e. The van der Waals surface area contributed by atoms with Crippen molar-refractivity contribution in [3.63, 3.8) is 0 Å². The van der Waals surface area contributed by atoms with Crippen LogP contribution in [0.15, 0.2) is 12.1 Å². The van der Waals surface area contributed by atoms with Crippen molar-refractivity contribution in [2.24, 2.45) is 0 Å². The van der Waals surface area contributed by atoms with Gasteiger partial charge in [0.1, 0.15) is 5.15 Å². The largest absolute Gasteiger partial charge is 0.500 e. The van der Waals surface area contributed by atoms with E-state index >= 15 is 0 Å². The Bertz CT molecular complexity index is 489. The molecule has 20 heavy (non-hydrogen) atoms. The molecule has 1 aromatic heterocycles. The van der Waals surface area contributed by atoms with Gasteiger partial charge in [-0.1, -0.05) is 17.7 Å². The number of ether oxygens (including phenoxy) is 1. The lowest BCUT2D eigenvalue weighted by molar-refractivity contribution is 0.00578. The second-order valence-electron chi connectivity index (χ2n) is 6.28. The summed E-state index contributed by atoms with van der Waals surface area (Å²) in [6, 6.07) is 3.56. The van der Waals surface area contributed by atoms with Crippen molar-refractivity contribution < 1.29 is 14.0 Å². The van der Waals surface area contributed by atoms with Crippen LogP contribution in [0.5, 0.6) is 5.88 Å². The fraction of sp³-hybridized carbons (Fsp3) is 0.643. The summed E-state index contributed by atoms with van der Waals surface area (Å²) in [5.41, 5.74) is -0.0273. The molecule has 0 atom stereocenters. The molecule has 1 saturated heterocycles. The van der Waals surface area contributed by atoms with Crippen molar-refractivity contribution in [1.82, 2.24) is 4.98 Å². The molecule has 0 amide bonds. The molecule has 0 saturated carbocycles.